The van der Waals surface area contributed by atoms with Crippen molar-refractivity contribution < 1.29 is 44.2 Å². The largest absolute Gasteiger partial charge is 0.457 e. The number of hydrogen-bond donors (Lipinski definition) is 4. The summed E-state index contributed by atoms with van der Waals surface area (Å²) < 4.78 is 22.8. The number of carbonyl (C=O) groups excluding carboxylic acids is 1. The molecule has 0 aromatic heterocycles. The summed E-state index contributed by atoms with van der Waals surface area (Å²) >= 11 is 0. The molecule has 378 valence electrons. The maximum atomic E-state index is 12.8. The van der Waals surface area contributed by atoms with Crippen LogP contribution in [-0.4, -0.2) is 89.6 Å². The Morgan fingerprint density at radius 2 is 0.924 bits per heavy atom. The number of unbranched alkanes of at least 4 members (excludes halogenated alkanes) is 17. The van der Waals surface area contributed by atoms with Crippen LogP contribution < -0.4 is 0 Å². The van der Waals surface area contributed by atoms with E-state index in [1.165, 1.54) is 103 Å². The predicted octanol–water partition coefficient (Wildman–Crippen LogP) is 13.1. The van der Waals surface area contributed by atoms with Crippen LogP contribution in [0.4, 0.5) is 0 Å². The number of hydrogen-bond acceptors (Lipinski definition) is 9. The predicted molar refractivity (Wildman–Crippen MR) is 274 cm³/mol. The number of esters is 1. The normalized spacial score (nSPS) is 20.1. The number of ether oxygens (including phenoxy) is 4. The van der Waals surface area contributed by atoms with E-state index in [0.29, 0.717) is 13.0 Å². The van der Waals surface area contributed by atoms with Crippen molar-refractivity contribution in [2.24, 2.45) is 0 Å². The van der Waals surface area contributed by atoms with Crippen molar-refractivity contribution in [3.05, 3.63) is 97.2 Å². The number of carbonyl (C=O) groups is 1. The maximum Gasteiger partial charge on any atom is 0.306 e. The van der Waals surface area contributed by atoms with Crippen LogP contribution in [0.3, 0.4) is 0 Å². The number of rotatable bonds is 44. The van der Waals surface area contributed by atoms with Crippen LogP contribution in [0.15, 0.2) is 97.2 Å². The monoisotopic (exact) mass is 925 g/mol. The van der Waals surface area contributed by atoms with Gasteiger partial charge in [0.1, 0.15) is 30.5 Å². The van der Waals surface area contributed by atoms with Gasteiger partial charge in [0.15, 0.2) is 6.29 Å². The highest BCUT2D eigenvalue weighted by molar-refractivity contribution is 5.69. The Morgan fingerprint density at radius 1 is 0.500 bits per heavy atom. The molecule has 6 unspecified atom stereocenters. The highest BCUT2D eigenvalue weighted by Gasteiger charge is 2.44. The van der Waals surface area contributed by atoms with Gasteiger partial charge in [-0.25, -0.2) is 0 Å². The molecule has 0 aliphatic carbocycles. The molecule has 0 bridgehead atoms. The topological polar surface area (TPSA) is 135 Å². The molecule has 4 N–H and O–H groups in total. The van der Waals surface area contributed by atoms with Gasteiger partial charge in [0.25, 0.3) is 0 Å². The van der Waals surface area contributed by atoms with Crippen molar-refractivity contribution >= 4 is 5.97 Å². The van der Waals surface area contributed by atoms with E-state index in [1.807, 2.05) is 0 Å². The van der Waals surface area contributed by atoms with Crippen molar-refractivity contribution in [2.75, 3.05) is 26.4 Å². The number of allylic oxidation sites excluding steroid dienone is 16. The smallest absolute Gasteiger partial charge is 0.306 e. The zero-order valence-corrected chi connectivity index (χ0v) is 41.7. The van der Waals surface area contributed by atoms with Crippen molar-refractivity contribution in [3.8, 4) is 0 Å². The standard InChI is InChI=1S/C57H96O9/c1-3-5-7-9-11-13-15-17-19-21-23-25-26-27-28-30-32-34-36-38-40-42-44-46-53(59)65-51(50-64-57-56(62)55(61)54(60)52(48-58)66-57)49-63-47-45-43-41-39-37-35-33-31-29-24-22-20-18-16-14-12-10-8-6-4-2/h5,7,11,13,17-20,23,25,27-28,32,34,38,40,51-52,54-58,60-62H,3-4,6,8-10,12,14-16,21-22,24,26,29-31,33,35-37,39,41-50H2,1-2H3/b7-5-,13-11-,19-17-,20-18-,25-23-,28-27-,34-32-,40-38-. The minimum absolute atomic E-state index is 0.115. The third-order valence-corrected chi connectivity index (χ3v) is 11.5. The Labute approximate surface area is 402 Å². The summed E-state index contributed by atoms with van der Waals surface area (Å²) in [5.41, 5.74) is 0. The first-order valence-electron chi connectivity index (χ1n) is 26.3. The molecular weight excluding hydrogens is 829 g/mol. The third kappa shape index (κ3) is 37.1. The summed E-state index contributed by atoms with van der Waals surface area (Å²) in [5.74, 6) is -0.373. The highest BCUT2D eigenvalue weighted by Crippen LogP contribution is 2.22. The molecule has 9 nitrogen and oxygen atoms in total. The van der Waals surface area contributed by atoms with Crippen molar-refractivity contribution in [1.29, 1.82) is 0 Å². The van der Waals surface area contributed by atoms with E-state index in [4.69, 9.17) is 18.9 Å². The lowest BCUT2D eigenvalue weighted by Gasteiger charge is -2.39. The summed E-state index contributed by atoms with van der Waals surface area (Å²) in [6, 6.07) is 0. The van der Waals surface area contributed by atoms with E-state index < -0.39 is 43.4 Å². The molecule has 1 aliphatic rings. The summed E-state index contributed by atoms with van der Waals surface area (Å²) in [6.45, 7) is 4.37. The molecule has 66 heavy (non-hydrogen) atoms. The first-order chi connectivity index (χ1) is 32.4. The maximum absolute atomic E-state index is 12.8. The SMILES string of the molecule is CC/C=C\C/C=C\C/C=C\C/C=C\C/C=C\C/C=C\C/C=C\CCCC(=O)OC(COCCCCCCCCCCCC/C=C\CCCCCCCC)COC1OC(CO)C(O)C(O)C1O. The number of aliphatic hydroxyl groups is 4. The van der Waals surface area contributed by atoms with E-state index in [1.54, 1.807) is 0 Å². The van der Waals surface area contributed by atoms with Crippen LogP contribution in [0.25, 0.3) is 0 Å². The summed E-state index contributed by atoms with van der Waals surface area (Å²) in [5, 5.41) is 40.3. The fraction of sp³-hybridized carbons (Fsp3) is 0.702. The van der Waals surface area contributed by atoms with Crippen LogP contribution >= 0.6 is 0 Å². The van der Waals surface area contributed by atoms with Gasteiger partial charge < -0.3 is 39.4 Å². The molecule has 0 saturated carbocycles. The first kappa shape index (κ1) is 61.1. The molecule has 1 aliphatic heterocycles. The molecule has 0 radical (unpaired) electrons. The Kier molecular flexibility index (Phi) is 43.7. The quantitative estimate of drug-likeness (QED) is 0.0268. The molecule has 0 spiro atoms. The second-order valence-corrected chi connectivity index (χ2v) is 17.6. The van der Waals surface area contributed by atoms with E-state index in [2.05, 4.69) is 111 Å². The number of aliphatic hydroxyl groups excluding tert-OH is 4. The average molecular weight is 925 g/mol. The minimum Gasteiger partial charge on any atom is -0.457 e. The van der Waals surface area contributed by atoms with Gasteiger partial charge in [-0.2, -0.15) is 0 Å². The van der Waals surface area contributed by atoms with E-state index in [9.17, 15) is 25.2 Å². The Hall–Kier alpha value is -2.89. The fourth-order valence-corrected chi connectivity index (χ4v) is 7.42. The van der Waals surface area contributed by atoms with Crippen molar-refractivity contribution in [2.45, 2.75) is 230 Å². The van der Waals surface area contributed by atoms with Crippen LogP contribution in [-0.2, 0) is 23.7 Å². The van der Waals surface area contributed by atoms with E-state index >= 15 is 0 Å². The van der Waals surface area contributed by atoms with Crippen molar-refractivity contribution in [1.82, 2.24) is 0 Å². The molecule has 9 heteroatoms. The van der Waals surface area contributed by atoms with Gasteiger partial charge in [-0.3, -0.25) is 4.79 Å². The van der Waals surface area contributed by atoms with Crippen LogP contribution in [0.1, 0.15) is 194 Å². The summed E-state index contributed by atoms with van der Waals surface area (Å²) in [7, 11) is 0. The molecule has 1 saturated heterocycles. The molecule has 0 aromatic rings. The van der Waals surface area contributed by atoms with Gasteiger partial charge in [-0.1, -0.05) is 195 Å². The summed E-state index contributed by atoms with van der Waals surface area (Å²) in [4.78, 5) is 12.8. The van der Waals surface area contributed by atoms with E-state index in [-0.39, 0.29) is 25.6 Å². The van der Waals surface area contributed by atoms with Gasteiger partial charge in [-0.05, 0) is 89.9 Å². The lowest BCUT2D eigenvalue weighted by Crippen LogP contribution is -2.59. The molecule has 6 atom stereocenters. The average Bonchev–Trinajstić information content (AvgIpc) is 3.32. The van der Waals surface area contributed by atoms with E-state index in [0.717, 1.165) is 64.2 Å². The van der Waals surface area contributed by atoms with Gasteiger partial charge in [0, 0.05) is 13.0 Å². The zero-order chi connectivity index (χ0) is 47.8. The fourth-order valence-electron chi connectivity index (χ4n) is 7.42. The van der Waals surface area contributed by atoms with Gasteiger partial charge in [0.2, 0.25) is 0 Å². The third-order valence-electron chi connectivity index (χ3n) is 11.5. The minimum atomic E-state index is -1.55. The lowest BCUT2D eigenvalue weighted by atomic mass is 9.99. The Bertz CT molecular complexity index is 1330. The molecule has 1 rings (SSSR count). The lowest BCUT2D eigenvalue weighted by molar-refractivity contribution is -0.305. The Morgan fingerprint density at radius 3 is 1.41 bits per heavy atom. The zero-order valence-electron chi connectivity index (χ0n) is 41.7. The van der Waals surface area contributed by atoms with Gasteiger partial charge in [-0.15, -0.1) is 0 Å². The van der Waals surface area contributed by atoms with Crippen LogP contribution in [0, 0.1) is 0 Å². The second-order valence-electron chi connectivity index (χ2n) is 17.6. The van der Waals surface area contributed by atoms with Crippen molar-refractivity contribution in [3.63, 3.8) is 0 Å². The molecule has 0 amide bonds. The van der Waals surface area contributed by atoms with Crippen LogP contribution in [0.5, 0.6) is 0 Å². The molecular formula is C57H96O9. The molecule has 1 fully saturated rings. The van der Waals surface area contributed by atoms with Gasteiger partial charge in [0.05, 0.1) is 19.8 Å². The Balaban J connectivity index is 2.26. The molecule has 0 aromatic carbocycles. The summed E-state index contributed by atoms with van der Waals surface area (Å²) in [6.07, 6.45) is 58.7. The van der Waals surface area contributed by atoms with Crippen LogP contribution in [0.2, 0.25) is 0 Å². The first-order valence-corrected chi connectivity index (χ1v) is 26.3. The highest BCUT2D eigenvalue weighted by atomic mass is 16.7. The second kappa shape index (κ2) is 47.2. The van der Waals surface area contributed by atoms with Gasteiger partial charge >= 0.3 is 5.97 Å². The molecule has 1 heterocycles.